The van der Waals surface area contributed by atoms with Crippen LogP contribution < -0.4 is 9.47 Å². The summed E-state index contributed by atoms with van der Waals surface area (Å²) in [5.74, 6) is 0.175. The zero-order valence-electron chi connectivity index (χ0n) is 22.5. The first-order chi connectivity index (χ1) is 18.6. The molecule has 0 saturated heterocycles. The molecule has 0 amide bonds. The number of nitrogens with zero attached hydrogens (tertiary/aromatic N) is 5. The third-order valence-electron chi connectivity index (χ3n) is 5.75. The number of hydrogen-bond acceptors (Lipinski definition) is 9. The lowest BCUT2D eigenvalue weighted by atomic mass is 9.87. The minimum absolute atomic E-state index is 0.0133. The third kappa shape index (κ3) is 7.24. The van der Waals surface area contributed by atoms with Crippen LogP contribution in [0.3, 0.4) is 0 Å². The number of ether oxygens (including phenoxy) is 2. The standard InChI is InChI=1S/C28H30N5O4S2/c1-19-6-8-20(9-7-19)24-25(33-39(34,35)23-12-10-21(11-13-23)28(2,3)4)31-18-32-26(24)36-14-15-37-27-29-16-22(38-5)17-30-27/h6-13,16-18H,14-15H2,1-5H3/q-1. The molecule has 2 heterocycles. The Hall–Kier alpha value is -3.70. The second kappa shape index (κ2) is 12.0. The SMILES string of the molecule is CSc1cnc(OCCOc2ncnc([N-]S(=O)(=O)c3ccc(C(C)(C)C)cc3)c2-c2ccc(C)cc2)nc1. The molecule has 0 unspecified atom stereocenters. The lowest BCUT2D eigenvalue weighted by molar-refractivity contribution is 0.201. The number of rotatable bonds is 10. The van der Waals surface area contributed by atoms with Gasteiger partial charge in [0.05, 0.1) is 4.90 Å². The minimum Gasteiger partial charge on any atom is -0.474 e. The van der Waals surface area contributed by atoms with Gasteiger partial charge < -0.3 is 19.2 Å². The first-order valence-corrected chi connectivity index (χ1v) is 14.9. The quantitative estimate of drug-likeness (QED) is 0.166. The first-order valence-electron chi connectivity index (χ1n) is 12.2. The summed E-state index contributed by atoms with van der Waals surface area (Å²) in [4.78, 5) is 17.8. The van der Waals surface area contributed by atoms with E-state index in [2.05, 4.69) is 45.4 Å². The average molecular weight is 565 g/mol. The van der Waals surface area contributed by atoms with Crippen LogP contribution in [0.2, 0.25) is 0 Å². The number of aryl methyl sites for hydroxylation is 1. The molecule has 0 radical (unpaired) electrons. The van der Waals surface area contributed by atoms with Crippen molar-refractivity contribution in [3.05, 3.63) is 83.1 Å². The van der Waals surface area contributed by atoms with E-state index in [1.807, 2.05) is 37.4 Å². The minimum atomic E-state index is -4.06. The van der Waals surface area contributed by atoms with Gasteiger partial charge in [-0.1, -0.05) is 62.7 Å². The van der Waals surface area contributed by atoms with Gasteiger partial charge in [0.1, 0.15) is 13.2 Å². The molecule has 0 fully saturated rings. The summed E-state index contributed by atoms with van der Waals surface area (Å²) in [5.41, 5.74) is 3.00. The summed E-state index contributed by atoms with van der Waals surface area (Å²) in [7, 11) is -4.06. The van der Waals surface area contributed by atoms with Gasteiger partial charge in [-0.2, -0.15) is 0 Å². The molecule has 204 valence electrons. The highest BCUT2D eigenvalue weighted by atomic mass is 32.2. The Kier molecular flexibility index (Phi) is 8.71. The molecule has 0 aliphatic carbocycles. The highest BCUT2D eigenvalue weighted by Crippen LogP contribution is 2.40. The number of benzene rings is 2. The van der Waals surface area contributed by atoms with Crippen molar-refractivity contribution in [1.82, 2.24) is 19.9 Å². The predicted molar refractivity (Wildman–Crippen MR) is 152 cm³/mol. The monoisotopic (exact) mass is 564 g/mol. The fourth-order valence-electron chi connectivity index (χ4n) is 3.56. The van der Waals surface area contributed by atoms with E-state index in [0.717, 1.165) is 16.0 Å². The maximum atomic E-state index is 13.3. The topological polar surface area (TPSA) is 118 Å². The highest BCUT2D eigenvalue weighted by molar-refractivity contribution is 7.98. The number of thioether (sulfide) groups is 1. The third-order valence-corrected chi connectivity index (χ3v) is 7.71. The van der Waals surface area contributed by atoms with E-state index < -0.39 is 10.0 Å². The molecule has 0 atom stereocenters. The maximum absolute atomic E-state index is 13.3. The summed E-state index contributed by atoms with van der Waals surface area (Å²) in [6.07, 6.45) is 6.53. The van der Waals surface area contributed by atoms with Crippen LogP contribution in [0.15, 0.2) is 77.0 Å². The van der Waals surface area contributed by atoms with Gasteiger partial charge in [-0.05, 0) is 47.7 Å². The van der Waals surface area contributed by atoms with Crippen LogP contribution in [0.5, 0.6) is 11.9 Å². The van der Waals surface area contributed by atoms with Crippen LogP contribution in [0.1, 0.15) is 31.9 Å². The largest absolute Gasteiger partial charge is 0.474 e. The Morgan fingerprint density at radius 2 is 1.51 bits per heavy atom. The second-order valence-electron chi connectivity index (χ2n) is 9.69. The molecular weight excluding hydrogens is 534 g/mol. The number of hydrogen-bond donors (Lipinski definition) is 0. The van der Waals surface area contributed by atoms with Crippen LogP contribution in [-0.2, 0) is 15.4 Å². The molecule has 9 nitrogen and oxygen atoms in total. The Bertz CT molecular complexity index is 1500. The molecule has 0 bridgehead atoms. The zero-order chi connectivity index (χ0) is 28.0. The molecule has 0 N–H and O–H groups in total. The van der Waals surface area contributed by atoms with Crippen molar-refractivity contribution < 1.29 is 17.9 Å². The van der Waals surface area contributed by atoms with Crippen molar-refractivity contribution in [2.45, 2.75) is 42.9 Å². The molecular formula is C28H30N5O4S2-. The van der Waals surface area contributed by atoms with E-state index >= 15 is 0 Å². The molecule has 39 heavy (non-hydrogen) atoms. The van der Waals surface area contributed by atoms with Gasteiger partial charge in [0.25, 0.3) is 0 Å². The van der Waals surface area contributed by atoms with Crippen LogP contribution in [0.25, 0.3) is 15.8 Å². The van der Waals surface area contributed by atoms with Crippen molar-refractivity contribution in [3.63, 3.8) is 0 Å². The van der Waals surface area contributed by atoms with Gasteiger partial charge in [0.15, 0.2) is 0 Å². The van der Waals surface area contributed by atoms with Crippen molar-refractivity contribution in [2.75, 3.05) is 19.5 Å². The number of sulfonamides is 1. The Morgan fingerprint density at radius 1 is 0.872 bits per heavy atom. The van der Waals surface area contributed by atoms with Crippen LogP contribution in [0, 0.1) is 6.92 Å². The fourth-order valence-corrected chi connectivity index (χ4v) is 4.83. The van der Waals surface area contributed by atoms with E-state index in [1.165, 1.54) is 18.1 Å². The van der Waals surface area contributed by atoms with E-state index in [1.54, 1.807) is 36.7 Å². The van der Waals surface area contributed by atoms with E-state index in [-0.39, 0.29) is 41.2 Å². The lowest BCUT2D eigenvalue weighted by Gasteiger charge is -2.23. The van der Waals surface area contributed by atoms with Crippen molar-refractivity contribution in [1.29, 1.82) is 0 Å². The van der Waals surface area contributed by atoms with Gasteiger partial charge in [0.2, 0.25) is 15.9 Å². The molecule has 4 aromatic rings. The summed E-state index contributed by atoms with van der Waals surface area (Å²) < 4.78 is 42.1. The Labute approximate surface area is 233 Å². The Balaban J connectivity index is 1.58. The molecule has 4 rings (SSSR count). The van der Waals surface area contributed by atoms with E-state index in [0.29, 0.717) is 11.1 Å². The summed E-state index contributed by atoms with van der Waals surface area (Å²) in [6.45, 7) is 8.43. The van der Waals surface area contributed by atoms with Gasteiger partial charge >= 0.3 is 6.01 Å². The molecule has 0 saturated carbocycles. The predicted octanol–water partition coefficient (Wildman–Crippen LogP) is 6.11. The van der Waals surface area contributed by atoms with Gasteiger partial charge in [-0.15, -0.1) is 11.8 Å². The van der Waals surface area contributed by atoms with Crippen molar-refractivity contribution in [2.24, 2.45) is 0 Å². The summed E-state index contributed by atoms with van der Waals surface area (Å²) in [6, 6.07) is 14.5. The fraction of sp³-hybridized carbons (Fsp3) is 0.286. The molecule has 0 spiro atoms. The van der Waals surface area contributed by atoms with Crippen LogP contribution in [-0.4, -0.2) is 47.8 Å². The molecule has 2 aromatic carbocycles. The Morgan fingerprint density at radius 3 is 2.13 bits per heavy atom. The first kappa shape index (κ1) is 28.3. The second-order valence-corrected chi connectivity index (χ2v) is 12.2. The van der Waals surface area contributed by atoms with Gasteiger partial charge in [0, 0.05) is 29.2 Å². The van der Waals surface area contributed by atoms with Gasteiger partial charge in [-0.25, -0.2) is 23.4 Å². The molecule has 2 aromatic heterocycles. The molecule has 0 aliphatic rings. The normalized spacial score (nSPS) is 11.7. The maximum Gasteiger partial charge on any atom is 0.316 e. The summed E-state index contributed by atoms with van der Waals surface area (Å²) >= 11 is 1.54. The number of aromatic nitrogens is 4. The lowest BCUT2D eigenvalue weighted by Crippen LogP contribution is -2.12. The van der Waals surface area contributed by atoms with Crippen molar-refractivity contribution in [3.8, 4) is 23.0 Å². The van der Waals surface area contributed by atoms with Crippen LogP contribution in [0.4, 0.5) is 5.82 Å². The highest BCUT2D eigenvalue weighted by Gasteiger charge is 2.18. The van der Waals surface area contributed by atoms with Crippen molar-refractivity contribution >= 4 is 27.6 Å². The zero-order valence-corrected chi connectivity index (χ0v) is 24.1. The van der Waals surface area contributed by atoms with Gasteiger partial charge in [-0.3, -0.25) is 0 Å². The average Bonchev–Trinajstić information content (AvgIpc) is 2.91. The smallest absolute Gasteiger partial charge is 0.316 e. The van der Waals surface area contributed by atoms with E-state index in [4.69, 9.17) is 9.47 Å². The molecule has 11 heteroatoms. The van der Waals surface area contributed by atoms with E-state index in [9.17, 15) is 8.42 Å². The van der Waals surface area contributed by atoms with Crippen LogP contribution >= 0.6 is 11.8 Å². The molecule has 0 aliphatic heterocycles. The summed E-state index contributed by atoms with van der Waals surface area (Å²) in [5, 5.41) is 0.